The van der Waals surface area contributed by atoms with E-state index in [4.69, 9.17) is 11.6 Å². The predicted molar refractivity (Wildman–Crippen MR) is 82.8 cm³/mol. The normalized spacial score (nSPS) is 13.3. The van der Waals surface area contributed by atoms with Gasteiger partial charge in [-0.25, -0.2) is 8.42 Å². The molecule has 1 unspecified atom stereocenters. The van der Waals surface area contributed by atoms with Gasteiger partial charge in [0, 0.05) is 0 Å². The molecular weight excluding hydrogens is 298 g/mol. The lowest BCUT2D eigenvalue weighted by Gasteiger charge is -2.28. The molecule has 1 atom stereocenters. The maximum absolute atomic E-state index is 12.2. The second kappa shape index (κ2) is 6.59. The summed E-state index contributed by atoms with van der Waals surface area (Å²) in [6.07, 6.45) is 0. The van der Waals surface area contributed by atoms with Crippen LogP contribution in [-0.2, 0) is 14.8 Å². The van der Waals surface area contributed by atoms with Gasteiger partial charge in [-0.1, -0.05) is 26.0 Å². The number of sulfonamides is 1. The van der Waals surface area contributed by atoms with Crippen LogP contribution in [0.3, 0.4) is 0 Å². The molecule has 0 radical (unpaired) electrons. The van der Waals surface area contributed by atoms with Crippen LogP contribution in [0.5, 0.6) is 0 Å². The second-order valence-corrected chi connectivity index (χ2v) is 7.43. The Hall–Kier alpha value is -1.07. The van der Waals surface area contributed by atoms with E-state index < -0.39 is 21.3 Å². The summed E-state index contributed by atoms with van der Waals surface area (Å²) in [7, 11) is -3.56. The van der Waals surface area contributed by atoms with Crippen molar-refractivity contribution in [2.24, 2.45) is 0 Å². The van der Waals surface area contributed by atoms with Crippen molar-refractivity contribution in [1.82, 2.24) is 0 Å². The van der Waals surface area contributed by atoms with E-state index in [9.17, 15) is 13.2 Å². The Bertz CT molecular complexity index is 567. The fraction of sp³-hybridized carbons (Fsp3) is 0.500. The largest absolute Gasteiger partial charge is 0.279 e. The van der Waals surface area contributed by atoms with Crippen molar-refractivity contribution in [3.63, 3.8) is 0 Å². The summed E-state index contributed by atoms with van der Waals surface area (Å²) in [6.45, 7) is 7.14. The lowest BCUT2D eigenvalue weighted by atomic mass is 10.0. The Labute approximate surface area is 125 Å². The smallest absolute Gasteiger partial charge is 0.245 e. The zero-order valence-electron chi connectivity index (χ0n) is 12.1. The molecule has 1 aromatic rings. The highest BCUT2D eigenvalue weighted by Crippen LogP contribution is 2.25. The molecule has 0 spiro atoms. The Morgan fingerprint density at radius 3 is 2.05 bits per heavy atom. The van der Waals surface area contributed by atoms with Gasteiger partial charge < -0.3 is 0 Å². The van der Waals surface area contributed by atoms with Gasteiger partial charge in [0.2, 0.25) is 15.3 Å². The summed E-state index contributed by atoms with van der Waals surface area (Å²) in [5.41, 5.74) is 1.56. The van der Waals surface area contributed by atoms with Gasteiger partial charge in [0.05, 0.1) is 11.4 Å². The van der Waals surface area contributed by atoms with Crippen LogP contribution in [0, 0.1) is 0 Å². The van der Waals surface area contributed by atoms with Crippen molar-refractivity contribution in [3.05, 3.63) is 29.8 Å². The Morgan fingerprint density at radius 1 is 1.20 bits per heavy atom. The molecule has 0 fully saturated rings. The minimum atomic E-state index is -3.56. The van der Waals surface area contributed by atoms with Crippen LogP contribution in [0.2, 0.25) is 0 Å². The fourth-order valence-electron chi connectivity index (χ4n) is 1.86. The van der Waals surface area contributed by atoms with Gasteiger partial charge in [0.25, 0.3) is 0 Å². The van der Waals surface area contributed by atoms with Gasteiger partial charge in [-0.05, 0) is 49.1 Å². The highest BCUT2D eigenvalue weighted by atomic mass is 35.5. The quantitative estimate of drug-likeness (QED) is 0.757. The van der Waals surface area contributed by atoms with Gasteiger partial charge >= 0.3 is 0 Å². The highest BCUT2D eigenvalue weighted by Gasteiger charge is 2.29. The van der Waals surface area contributed by atoms with Crippen molar-refractivity contribution < 1.29 is 13.2 Å². The maximum Gasteiger partial charge on any atom is 0.245 e. The molecule has 0 aliphatic heterocycles. The summed E-state index contributed by atoms with van der Waals surface area (Å²) in [5, 5.41) is -0.699. The van der Waals surface area contributed by atoms with E-state index in [0.717, 1.165) is 9.87 Å². The van der Waals surface area contributed by atoms with E-state index in [1.807, 2.05) is 12.1 Å². The van der Waals surface area contributed by atoms with Gasteiger partial charge in [-0.3, -0.25) is 9.10 Å². The van der Waals surface area contributed by atoms with Crippen LogP contribution in [0.15, 0.2) is 24.3 Å². The number of anilines is 1. The van der Waals surface area contributed by atoms with E-state index in [1.165, 1.54) is 13.8 Å². The number of hydrogen-bond acceptors (Lipinski definition) is 3. The van der Waals surface area contributed by atoms with E-state index in [2.05, 4.69) is 13.8 Å². The monoisotopic (exact) mass is 317 g/mol. The molecule has 1 rings (SSSR count). The minimum absolute atomic E-state index is 0.0898. The molecule has 0 aliphatic rings. The molecule has 1 aromatic carbocycles. The molecule has 0 saturated heterocycles. The standard InChI is InChI=1S/C14H20ClNO3S/c1-5-20(18,19)16(11(4)14(15)17)13-8-6-12(7-9-13)10(2)3/h6-11H,5H2,1-4H3. The average Bonchev–Trinajstić information content (AvgIpc) is 2.39. The lowest BCUT2D eigenvalue weighted by molar-refractivity contribution is -0.112. The zero-order chi connectivity index (χ0) is 15.5. The third kappa shape index (κ3) is 3.73. The van der Waals surface area contributed by atoms with Crippen molar-refractivity contribution in [2.75, 3.05) is 10.1 Å². The molecule has 112 valence electrons. The summed E-state index contributed by atoms with van der Waals surface area (Å²) in [5.74, 6) is 0.264. The number of carbonyl (C=O) groups excluding carboxylic acids is 1. The van der Waals surface area contributed by atoms with E-state index in [-0.39, 0.29) is 5.75 Å². The van der Waals surface area contributed by atoms with Crippen molar-refractivity contribution in [2.45, 2.75) is 39.7 Å². The van der Waals surface area contributed by atoms with Gasteiger partial charge in [-0.15, -0.1) is 0 Å². The average molecular weight is 318 g/mol. The number of benzene rings is 1. The van der Waals surface area contributed by atoms with Crippen LogP contribution in [0.1, 0.15) is 39.2 Å². The first-order chi connectivity index (χ1) is 9.20. The number of halogens is 1. The number of carbonyl (C=O) groups is 1. The Balaban J connectivity index is 3.28. The molecule has 0 amide bonds. The van der Waals surface area contributed by atoms with Crippen LogP contribution < -0.4 is 4.31 Å². The summed E-state index contributed by atoms with van der Waals surface area (Å²) in [6, 6.07) is 6.22. The molecule has 0 bridgehead atoms. The molecule has 0 N–H and O–H groups in total. The van der Waals surface area contributed by atoms with Crippen molar-refractivity contribution >= 4 is 32.6 Å². The first kappa shape index (κ1) is 17.0. The predicted octanol–water partition coefficient (Wildman–Crippen LogP) is 3.12. The maximum atomic E-state index is 12.2. The van der Waals surface area contributed by atoms with Crippen LogP contribution in [0.4, 0.5) is 5.69 Å². The van der Waals surface area contributed by atoms with Crippen LogP contribution >= 0.6 is 11.6 Å². The van der Waals surface area contributed by atoms with Gasteiger partial charge in [0.1, 0.15) is 6.04 Å². The third-order valence-corrected chi connectivity index (χ3v) is 5.33. The van der Waals surface area contributed by atoms with E-state index >= 15 is 0 Å². The summed E-state index contributed by atoms with van der Waals surface area (Å²) >= 11 is 5.47. The fourth-order valence-corrected chi connectivity index (χ4v) is 3.32. The SMILES string of the molecule is CCS(=O)(=O)N(c1ccc(C(C)C)cc1)C(C)C(=O)Cl. The minimum Gasteiger partial charge on any atom is -0.279 e. The third-order valence-electron chi connectivity index (χ3n) is 3.16. The van der Waals surface area contributed by atoms with Gasteiger partial charge in [-0.2, -0.15) is 0 Å². The summed E-state index contributed by atoms with van der Waals surface area (Å²) in [4.78, 5) is 11.4. The number of nitrogens with zero attached hydrogens (tertiary/aromatic N) is 1. The van der Waals surface area contributed by atoms with Crippen molar-refractivity contribution in [3.8, 4) is 0 Å². The molecule has 0 saturated carbocycles. The molecule has 0 aliphatic carbocycles. The topological polar surface area (TPSA) is 54.5 Å². The Morgan fingerprint density at radius 2 is 1.70 bits per heavy atom. The lowest BCUT2D eigenvalue weighted by Crippen LogP contribution is -2.42. The van der Waals surface area contributed by atoms with E-state index in [0.29, 0.717) is 11.6 Å². The highest BCUT2D eigenvalue weighted by molar-refractivity contribution is 7.92. The summed E-state index contributed by atoms with van der Waals surface area (Å²) < 4.78 is 25.4. The molecule has 0 heterocycles. The molecule has 0 aromatic heterocycles. The molecule has 4 nitrogen and oxygen atoms in total. The van der Waals surface area contributed by atoms with E-state index in [1.54, 1.807) is 12.1 Å². The molecular formula is C14H20ClNO3S. The first-order valence-electron chi connectivity index (χ1n) is 6.52. The number of rotatable bonds is 6. The second-order valence-electron chi connectivity index (χ2n) is 4.92. The molecule has 6 heteroatoms. The van der Waals surface area contributed by atoms with Gasteiger partial charge in [0.15, 0.2) is 0 Å². The van der Waals surface area contributed by atoms with Crippen molar-refractivity contribution in [1.29, 1.82) is 0 Å². The van der Waals surface area contributed by atoms with Crippen LogP contribution in [0.25, 0.3) is 0 Å². The molecule has 20 heavy (non-hydrogen) atoms. The number of hydrogen-bond donors (Lipinski definition) is 0. The first-order valence-corrected chi connectivity index (χ1v) is 8.50. The Kier molecular flexibility index (Phi) is 5.59. The van der Waals surface area contributed by atoms with Crippen LogP contribution in [-0.4, -0.2) is 25.5 Å². The zero-order valence-corrected chi connectivity index (χ0v) is 13.7.